The molecule has 0 heterocycles. The summed E-state index contributed by atoms with van der Waals surface area (Å²) in [4.78, 5) is 10.6. The summed E-state index contributed by atoms with van der Waals surface area (Å²) in [7, 11) is 0. The molecule has 0 saturated heterocycles. The van der Waals surface area contributed by atoms with Crippen molar-refractivity contribution in [1.82, 2.24) is 0 Å². The SMILES string of the molecule is CCC(C)(C)c1c(C)cccc1OC(=O)O. The van der Waals surface area contributed by atoms with Crippen molar-refractivity contribution in [1.29, 1.82) is 0 Å². The Hall–Kier alpha value is -1.51. The van der Waals surface area contributed by atoms with Crippen LogP contribution in [0.1, 0.15) is 38.3 Å². The molecular formula is C13H18O3. The van der Waals surface area contributed by atoms with Crippen LogP contribution in [0.4, 0.5) is 4.79 Å². The second kappa shape index (κ2) is 4.56. The Kier molecular flexibility index (Phi) is 3.58. The Morgan fingerprint density at radius 1 is 1.44 bits per heavy atom. The van der Waals surface area contributed by atoms with Crippen LogP contribution in [0, 0.1) is 6.92 Å². The molecular weight excluding hydrogens is 204 g/mol. The molecule has 1 rings (SSSR count). The summed E-state index contributed by atoms with van der Waals surface area (Å²) < 4.78 is 4.83. The van der Waals surface area contributed by atoms with Crippen LogP contribution in [0.3, 0.4) is 0 Å². The van der Waals surface area contributed by atoms with Gasteiger partial charge in [-0.3, -0.25) is 0 Å². The largest absolute Gasteiger partial charge is 0.511 e. The average molecular weight is 222 g/mol. The zero-order chi connectivity index (χ0) is 12.3. The lowest BCUT2D eigenvalue weighted by molar-refractivity contribution is 0.143. The molecule has 0 radical (unpaired) electrons. The van der Waals surface area contributed by atoms with Gasteiger partial charge in [0.05, 0.1) is 0 Å². The fraction of sp³-hybridized carbons (Fsp3) is 0.462. The molecule has 88 valence electrons. The van der Waals surface area contributed by atoms with E-state index >= 15 is 0 Å². The zero-order valence-corrected chi connectivity index (χ0v) is 10.2. The van der Waals surface area contributed by atoms with Crippen LogP contribution in [-0.2, 0) is 5.41 Å². The third-order valence-corrected chi connectivity index (χ3v) is 2.99. The van der Waals surface area contributed by atoms with Crippen molar-refractivity contribution in [3.63, 3.8) is 0 Å². The molecule has 1 N–H and O–H groups in total. The van der Waals surface area contributed by atoms with Gasteiger partial charge in [-0.1, -0.05) is 32.9 Å². The Morgan fingerprint density at radius 2 is 2.06 bits per heavy atom. The molecule has 0 aliphatic rings. The summed E-state index contributed by atoms with van der Waals surface area (Å²) in [6.45, 7) is 8.23. The third kappa shape index (κ3) is 2.54. The molecule has 0 atom stereocenters. The van der Waals surface area contributed by atoms with Crippen LogP contribution in [0.15, 0.2) is 18.2 Å². The highest BCUT2D eigenvalue weighted by Crippen LogP contribution is 2.36. The fourth-order valence-corrected chi connectivity index (χ4v) is 1.86. The second-order valence-electron chi connectivity index (χ2n) is 4.55. The Balaban J connectivity index is 3.29. The lowest BCUT2D eigenvalue weighted by Gasteiger charge is -2.27. The fourth-order valence-electron chi connectivity index (χ4n) is 1.86. The van der Waals surface area contributed by atoms with Gasteiger partial charge in [-0.25, -0.2) is 4.79 Å². The van der Waals surface area contributed by atoms with Crippen LogP contribution in [0.25, 0.3) is 0 Å². The molecule has 0 unspecified atom stereocenters. The van der Waals surface area contributed by atoms with Crippen molar-refractivity contribution in [2.45, 2.75) is 39.5 Å². The number of hydrogen-bond donors (Lipinski definition) is 1. The first kappa shape index (κ1) is 12.6. The summed E-state index contributed by atoms with van der Waals surface area (Å²) in [5.74, 6) is 0.444. The van der Waals surface area contributed by atoms with E-state index in [2.05, 4.69) is 20.8 Å². The van der Waals surface area contributed by atoms with E-state index in [0.717, 1.165) is 17.5 Å². The quantitative estimate of drug-likeness (QED) is 0.626. The number of carboxylic acid groups (broad SMARTS) is 1. The van der Waals surface area contributed by atoms with E-state index in [0.29, 0.717) is 5.75 Å². The van der Waals surface area contributed by atoms with Crippen molar-refractivity contribution >= 4 is 6.16 Å². The monoisotopic (exact) mass is 222 g/mol. The van der Waals surface area contributed by atoms with Crippen LogP contribution in [0.2, 0.25) is 0 Å². The highest BCUT2D eigenvalue weighted by molar-refractivity contribution is 5.63. The van der Waals surface area contributed by atoms with Crippen molar-refractivity contribution in [3.05, 3.63) is 29.3 Å². The lowest BCUT2D eigenvalue weighted by atomic mass is 9.79. The van der Waals surface area contributed by atoms with Gasteiger partial charge in [0, 0.05) is 5.56 Å². The molecule has 0 fully saturated rings. The summed E-state index contributed by atoms with van der Waals surface area (Å²) in [6, 6.07) is 5.48. The molecule has 0 bridgehead atoms. The van der Waals surface area contributed by atoms with E-state index in [1.54, 1.807) is 6.07 Å². The smallest absolute Gasteiger partial charge is 0.449 e. The first-order chi connectivity index (χ1) is 7.38. The van der Waals surface area contributed by atoms with Gasteiger partial charge in [-0.2, -0.15) is 0 Å². The number of aryl methyl sites for hydroxylation is 1. The minimum absolute atomic E-state index is 0.0872. The van der Waals surface area contributed by atoms with Gasteiger partial charge in [0.2, 0.25) is 0 Å². The van der Waals surface area contributed by atoms with Gasteiger partial charge in [0.1, 0.15) is 5.75 Å². The Morgan fingerprint density at radius 3 is 2.56 bits per heavy atom. The summed E-state index contributed by atoms with van der Waals surface area (Å²) in [5.41, 5.74) is 1.95. The van der Waals surface area contributed by atoms with Crippen molar-refractivity contribution in [2.75, 3.05) is 0 Å². The van der Waals surface area contributed by atoms with E-state index in [4.69, 9.17) is 9.84 Å². The second-order valence-corrected chi connectivity index (χ2v) is 4.55. The van der Waals surface area contributed by atoms with E-state index in [9.17, 15) is 4.79 Å². The Bertz CT molecular complexity index is 394. The number of rotatable bonds is 3. The molecule has 0 amide bonds. The summed E-state index contributed by atoms with van der Waals surface area (Å²) >= 11 is 0. The first-order valence-corrected chi connectivity index (χ1v) is 5.39. The maximum Gasteiger partial charge on any atom is 0.511 e. The van der Waals surface area contributed by atoms with E-state index in [1.165, 1.54) is 0 Å². The van der Waals surface area contributed by atoms with Crippen molar-refractivity contribution in [2.24, 2.45) is 0 Å². The Labute approximate surface area is 96.1 Å². The normalized spacial score (nSPS) is 11.2. The van der Waals surface area contributed by atoms with Crippen molar-refractivity contribution < 1.29 is 14.6 Å². The zero-order valence-electron chi connectivity index (χ0n) is 10.2. The van der Waals surface area contributed by atoms with Gasteiger partial charge in [0.25, 0.3) is 0 Å². The van der Waals surface area contributed by atoms with Gasteiger partial charge in [-0.05, 0) is 30.4 Å². The minimum atomic E-state index is -1.27. The van der Waals surface area contributed by atoms with Crippen LogP contribution >= 0.6 is 0 Å². The molecule has 0 spiro atoms. The highest BCUT2D eigenvalue weighted by atomic mass is 16.7. The van der Waals surface area contributed by atoms with Crippen LogP contribution in [-0.4, -0.2) is 11.3 Å². The molecule has 16 heavy (non-hydrogen) atoms. The van der Waals surface area contributed by atoms with E-state index in [1.807, 2.05) is 19.1 Å². The van der Waals surface area contributed by atoms with Crippen LogP contribution in [0.5, 0.6) is 5.75 Å². The van der Waals surface area contributed by atoms with Gasteiger partial charge < -0.3 is 9.84 Å². The number of ether oxygens (including phenoxy) is 1. The molecule has 0 saturated carbocycles. The maximum absolute atomic E-state index is 10.6. The molecule has 0 aliphatic carbocycles. The predicted molar refractivity (Wildman–Crippen MR) is 63.1 cm³/mol. The minimum Gasteiger partial charge on any atom is -0.449 e. The molecule has 1 aromatic carbocycles. The third-order valence-electron chi connectivity index (χ3n) is 2.99. The molecule has 3 heteroatoms. The van der Waals surface area contributed by atoms with Crippen LogP contribution < -0.4 is 4.74 Å². The average Bonchev–Trinajstić information content (AvgIpc) is 2.16. The molecule has 0 aromatic heterocycles. The molecule has 3 nitrogen and oxygen atoms in total. The van der Waals surface area contributed by atoms with Crippen molar-refractivity contribution in [3.8, 4) is 5.75 Å². The molecule has 1 aromatic rings. The standard InChI is InChI=1S/C13H18O3/c1-5-13(3,4)11-9(2)7-6-8-10(11)16-12(14)15/h6-8H,5H2,1-4H3,(H,14,15). The number of carbonyl (C=O) groups is 1. The highest BCUT2D eigenvalue weighted by Gasteiger charge is 2.25. The predicted octanol–water partition coefficient (Wildman–Crippen LogP) is 3.74. The van der Waals surface area contributed by atoms with E-state index in [-0.39, 0.29) is 5.41 Å². The first-order valence-electron chi connectivity index (χ1n) is 5.39. The molecule has 0 aliphatic heterocycles. The number of hydrogen-bond acceptors (Lipinski definition) is 2. The van der Waals surface area contributed by atoms with E-state index < -0.39 is 6.16 Å². The van der Waals surface area contributed by atoms with Gasteiger partial charge in [0.15, 0.2) is 0 Å². The summed E-state index contributed by atoms with van der Waals surface area (Å²) in [6.07, 6.45) is -0.341. The summed E-state index contributed by atoms with van der Waals surface area (Å²) in [5, 5.41) is 8.70. The maximum atomic E-state index is 10.6. The topological polar surface area (TPSA) is 46.5 Å². The van der Waals surface area contributed by atoms with Gasteiger partial charge >= 0.3 is 6.16 Å². The number of benzene rings is 1. The lowest BCUT2D eigenvalue weighted by Crippen LogP contribution is -2.19. The van der Waals surface area contributed by atoms with Gasteiger partial charge in [-0.15, -0.1) is 0 Å².